The molecule has 0 spiro atoms. The van der Waals surface area contributed by atoms with E-state index in [1.807, 2.05) is 34.1 Å². The highest BCUT2D eigenvalue weighted by Gasteiger charge is 2.37. The normalized spacial score (nSPS) is 25.5. The van der Waals surface area contributed by atoms with E-state index < -0.39 is 0 Å². The molecule has 1 N–H and O–H groups in total. The monoisotopic (exact) mass is 424 g/mol. The van der Waals surface area contributed by atoms with Crippen LogP contribution in [0.25, 0.3) is 0 Å². The number of nitrogens with zero attached hydrogens (tertiary/aromatic N) is 3. The van der Waals surface area contributed by atoms with Crippen molar-refractivity contribution in [2.75, 3.05) is 25.0 Å². The molecule has 5 rings (SSSR count). The van der Waals surface area contributed by atoms with Gasteiger partial charge in [0, 0.05) is 43.7 Å². The van der Waals surface area contributed by atoms with Gasteiger partial charge < -0.3 is 15.1 Å². The third-order valence-corrected chi connectivity index (χ3v) is 6.85. The molecule has 0 saturated carbocycles. The summed E-state index contributed by atoms with van der Waals surface area (Å²) in [5, 5.41) is 4.20. The summed E-state index contributed by atoms with van der Waals surface area (Å²) in [5.74, 6) is 1.03. The highest BCUT2D eigenvalue weighted by Crippen LogP contribution is 2.39. The van der Waals surface area contributed by atoms with Gasteiger partial charge in [0.2, 0.25) is 5.91 Å². The highest BCUT2D eigenvalue weighted by atomic mass is 35.5. The van der Waals surface area contributed by atoms with Crippen molar-refractivity contribution in [3.05, 3.63) is 58.2 Å². The molecule has 30 heavy (non-hydrogen) atoms. The molecule has 4 heterocycles. The maximum atomic E-state index is 13.1. The second-order valence-electron chi connectivity index (χ2n) is 8.76. The first-order valence-corrected chi connectivity index (χ1v) is 10.9. The maximum absolute atomic E-state index is 13.1. The lowest BCUT2D eigenvalue weighted by Crippen LogP contribution is -2.39. The number of nitrogens with one attached hydrogen (secondary N) is 1. The number of benzene rings is 1. The summed E-state index contributed by atoms with van der Waals surface area (Å²) in [6.07, 6.45) is 4.81. The van der Waals surface area contributed by atoms with Gasteiger partial charge in [0.1, 0.15) is 5.82 Å². The molecule has 6 nitrogen and oxygen atoms in total. The van der Waals surface area contributed by atoms with E-state index in [-0.39, 0.29) is 23.4 Å². The molecule has 0 radical (unpaired) electrons. The predicted octanol–water partition coefficient (Wildman–Crippen LogP) is 3.46. The molecule has 2 fully saturated rings. The van der Waals surface area contributed by atoms with Gasteiger partial charge in [-0.1, -0.05) is 23.7 Å². The van der Waals surface area contributed by atoms with E-state index >= 15 is 0 Å². The van der Waals surface area contributed by atoms with Crippen molar-refractivity contribution in [3.63, 3.8) is 0 Å². The molecule has 0 bridgehead atoms. The first-order valence-electron chi connectivity index (χ1n) is 10.5. The molecule has 1 aromatic carbocycles. The Balaban J connectivity index is 1.32. The SMILES string of the molecule is C[C@@]1(c2cccc(Cl)c2)Cc2cc(C(=O)N3CC[C@H](N4CCCC4=O)C3)cnc2N1. The minimum atomic E-state index is -0.309. The van der Waals surface area contributed by atoms with E-state index in [0.717, 1.165) is 42.8 Å². The number of likely N-dealkylation sites (tertiary alicyclic amines) is 2. The molecule has 2 aromatic rings. The molecule has 3 aliphatic heterocycles. The summed E-state index contributed by atoms with van der Waals surface area (Å²) in [6.45, 7) is 4.24. The lowest BCUT2D eigenvalue weighted by molar-refractivity contribution is -0.129. The number of halogens is 1. The van der Waals surface area contributed by atoms with E-state index in [9.17, 15) is 9.59 Å². The van der Waals surface area contributed by atoms with Crippen LogP contribution in [0.1, 0.15) is 47.7 Å². The summed E-state index contributed by atoms with van der Waals surface area (Å²) < 4.78 is 0. The summed E-state index contributed by atoms with van der Waals surface area (Å²) in [4.78, 5) is 33.5. The van der Waals surface area contributed by atoms with Crippen molar-refractivity contribution in [1.29, 1.82) is 0 Å². The molecule has 0 unspecified atom stereocenters. The van der Waals surface area contributed by atoms with Crippen LogP contribution in [0.15, 0.2) is 36.5 Å². The molecule has 7 heteroatoms. The largest absolute Gasteiger partial charge is 0.360 e. The number of fused-ring (bicyclic) bond motifs is 1. The van der Waals surface area contributed by atoms with Crippen molar-refractivity contribution in [3.8, 4) is 0 Å². The van der Waals surface area contributed by atoms with Crippen LogP contribution in [-0.2, 0) is 16.8 Å². The number of amides is 2. The van der Waals surface area contributed by atoms with Gasteiger partial charge >= 0.3 is 0 Å². The smallest absolute Gasteiger partial charge is 0.255 e. The van der Waals surface area contributed by atoms with Crippen LogP contribution in [-0.4, -0.2) is 52.3 Å². The Hall–Kier alpha value is -2.60. The Morgan fingerprint density at radius 2 is 2.17 bits per heavy atom. The topological polar surface area (TPSA) is 65.5 Å². The lowest BCUT2D eigenvalue weighted by Gasteiger charge is -2.25. The Morgan fingerprint density at radius 1 is 1.30 bits per heavy atom. The van der Waals surface area contributed by atoms with Gasteiger partial charge in [-0.25, -0.2) is 4.98 Å². The van der Waals surface area contributed by atoms with Crippen LogP contribution in [0.4, 0.5) is 5.82 Å². The zero-order chi connectivity index (χ0) is 20.9. The number of aromatic nitrogens is 1. The van der Waals surface area contributed by atoms with Gasteiger partial charge in [0.25, 0.3) is 5.91 Å². The Kier molecular flexibility index (Phi) is 4.69. The van der Waals surface area contributed by atoms with Crippen molar-refractivity contribution < 1.29 is 9.59 Å². The van der Waals surface area contributed by atoms with Gasteiger partial charge in [0.05, 0.1) is 17.1 Å². The summed E-state index contributed by atoms with van der Waals surface area (Å²) >= 11 is 6.19. The van der Waals surface area contributed by atoms with E-state index in [1.165, 1.54) is 0 Å². The zero-order valence-corrected chi connectivity index (χ0v) is 17.8. The van der Waals surface area contributed by atoms with Crippen LogP contribution >= 0.6 is 11.6 Å². The highest BCUT2D eigenvalue weighted by molar-refractivity contribution is 6.30. The van der Waals surface area contributed by atoms with Crippen LogP contribution < -0.4 is 5.32 Å². The summed E-state index contributed by atoms with van der Waals surface area (Å²) in [5.41, 5.74) is 2.43. The number of pyridine rings is 1. The molecule has 156 valence electrons. The Labute approximate surface area is 181 Å². The molecule has 2 amide bonds. The number of carbonyl (C=O) groups is 2. The fourth-order valence-electron chi connectivity index (χ4n) is 4.99. The molecular weight excluding hydrogens is 400 g/mol. The Bertz CT molecular complexity index is 1030. The van der Waals surface area contributed by atoms with E-state index in [4.69, 9.17) is 11.6 Å². The van der Waals surface area contributed by atoms with Crippen LogP contribution in [0, 0.1) is 0 Å². The van der Waals surface area contributed by atoms with Crippen molar-refractivity contribution >= 4 is 29.2 Å². The molecule has 0 aliphatic carbocycles. The first kappa shape index (κ1) is 19.4. The van der Waals surface area contributed by atoms with Gasteiger partial charge in [0.15, 0.2) is 0 Å². The van der Waals surface area contributed by atoms with E-state index in [1.54, 1.807) is 6.20 Å². The van der Waals surface area contributed by atoms with E-state index in [0.29, 0.717) is 30.1 Å². The van der Waals surface area contributed by atoms with Crippen molar-refractivity contribution in [1.82, 2.24) is 14.8 Å². The lowest BCUT2D eigenvalue weighted by atomic mass is 9.89. The molecule has 2 saturated heterocycles. The second kappa shape index (κ2) is 7.27. The zero-order valence-electron chi connectivity index (χ0n) is 17.0. The minimum Gasteiger partial charge on any atom is -0.360 e. The molecule has 1 aromatic heterocycles. The van der Waals surface area contributed by atoms with Crippen molar-refractivity contribution in [2.24, 2.45) is 0 Å². The number of carbonyl (C=O) groups excluding carboxylic acids is 2. The average Bonchev–Trinajstić information content (AvgIpc) is 3.44. The number of hydrogen-bond donors (Lipinski definition) is 1. The third-order valence-electron chi connectivity index (χ3n) is 6.61. The molecule has 2 atom stereocenters. The van der Waals surface area contributed by atoms with Crippen LogP contribution in [0.3, 0.4) is 0 Å². The van der Waals surface area contributed by atoms with Gasteiger partial charge in [-0.3, -0.25) is 9.59 Å². The van der Waals surface area contributed by atoms with Crippen molar-refractivity contribution in [2.45, 2.75) is 44.2 Å². The van der Waals surface area contributed by atoms with Crippen LogP contribution in [0.2, 0.25) is 5.02 Å². The minimum absolute atomic E-state index is 0.00388. The predicted molar refractivity (Wildman–Crippen MR) is 116 cm³/mol. The fraction of sp³-hybridized carbons (Fsp3) is 0.435. The number of hydrogen-bond acceptors (Lipinski definition) is 4. The average molecular weight is 425 g/mol. The summed E-state index contributed by atoms with van der Waals surface area (Å²) in [7, 11) is 0. The van der Waals surface area contributed by atoms with E-state index in [2.05, 4.69) is 23.3 Å². The molecular formula is C23H25ClN4O2. The fourth-order valence-corrected chi connectivity index (χ4v) is 5.18. The third kappa shape index (κ3) is 3.33. The standard InChI is InChI=1S/C23H25ClN4O2/c1-23(17-4-2-5-18(24)11-17)12-15-10-16(13-25-21(15)26-23)22(30)27-9-7-19(14-27)28-8-3-6-20(28)29/h2,4-5,10-11,13,19H,3,6-9,12,14H2,1H3,(H,25,26)/t19-,23-/m0/s1. The first-order chi connectivity index (χ1) is 14.4. The second-order valence-corrected chi connectivity index (χ2v) is 9.20. The van der Waals surface area contributed by atoms with Crippen LogP contribution in [0.5, 0.6) is 0 Å². The quantitative estimate of drug-likeness (QED) is 0.819. The molecule has 3 aliphatic rings. The number of rotatable bonds is 3. The number of anilines is 1. The van der Waals surface area contributed by atoms with Gasteiger partial charge in [-0.05, 0) is 49.1 Å². The van der Waals surface area contributed by atoms with Gasteiger partial charge in [-0.2, -0.15) is 0 Å². The van der Waals surface area contributed by atoms with Gasteiger partial charge in [-0.15, -0.1) is 0 Å². The maximum Gasteiger partial charge on any atom is 0.255 e. The summed E-state index contributed by atoms with van der Waals surface area (Å²) in [6, 6.07) is 9.95. The Morgan fingerprint density at radius 3 is 2.93 bits per heavy atom.